The molecule has 0 radical (unpaired) electrons. The number of pyridine rings is 1. The van der Waals surface area contributed by atoms with Gasteiger partial charge in [0.05, 0.1) is 23.0 Å². The molecule has 1 aromatic carbocycles. The molecular weight excluding hydrogens is 364 g/mol. The minimum atomic E-state index is -1.29. The maximum Gasteiger partial charge on any atom is 0.357 e. The van der Waals surface area contributed by atoms with E-state index < -0.39 is 34.5 Å². The van der Waals surface area contributed by atoms with E-state index >= 15 is 0 Å². The fourth-order valence-corrected chi connectivity index (χ4v) is 2.59. The first-order valence-electron chi connectivity index (χ1n) is 8.19. The van der Waals surface area contributed by atoms with Gasteiger partial charge in [0, 0.05) is 18.2 Å². The highest BCUT2D eigenvalue weighted by molar-refractivity contribution is 5.94. The lowest BCUT2D eigenvalue weighted by molar-refractivity contribution is -0.579. The summed E-state index contributed by atoms with van der Waals surface area (Å²) >= 11 is 0. The van der Waals surface area contributed by atoms with Crippen LogP contribution in [0.1, 0.15) is 20.8 Å². The zero-order valence-corrected chi connectivity index (χ0v) is 14.7. The molecule has 3 aromatic rings. The summed E-state index contributed by atoms with van der Waals surface area (Å²) in [6.45, 7) is 5.55. The second kappa shape index (κ2) is 6.98. The predicted molar refractivity (Wildman–Crippen MR) is 91.7 cm³/mol. The van der Waals surface area contributed by atoms with Crippen molar-refractivity contribution in [2.75, 3.05) is 5.32 Å². The molecule has 0 saturated heterocycles. The summed E-state index contributed by atoms with van der Waals surface area (Å²) in [6, 6.07) is 0.635. The van der Waals surface area contributed by atoms with E-state index in [1.165, 1.54) is 6.20 Å². The Kier molecular flexibility index (Phi) is 4.86. The summed E-state index contributed by atoms with van der Waals surface area (Å²) in [5.41, 5.74) is -1.83. The van der Waals surface area contributed by atoms with Crippen LogP contribution < -0.4 is 10.0 Å². The monoisotopic (exact) mass is 380 g/mol. The van der Waals surface area contributed by atoms with Crippen molar-refractivity contribution in [3.05, 3.63) is 53.1 Å². The molecule has 0 saturated carbocycles. The van der Waals surface area contributed by atoms with E-state index in [1.54, 1.807) is 6.92 Å². The second-order valence-electron chi connectivity index (χ2n) is 6.50. The number of nitrogens with one attached hydrogen (secondary N) is 1. The van der Waals surface area contributed by atoms with E-state index in [1.807, 2.05) is 13.8 Å². The smallest absolute Gasteiger partial charge is 0.357 e. The van der Waals surface area contributed by atoms with E-state index in [0.717, 1.165) is 6.20 Å². The van der Waals surface area contributed by atoms with Crippen molar-refractivity contribution in [3.8, 4) is 11.1 Å². The van der Waals surface area contributed by atoms with Crippen LogP contribution in [-0.2, 0) is 0 Å². The molecule has 0 bridgehead atoms. The van der Waals surface area contributed by atoms with E-state index in [0.29, 0.717) is 16.9 Å². The van der Waals surface area contributed by atoms with Crippen molar-refractivity contribution in [2.45, 2.75) is 26.8 Å². The fourth-order valence-electron chi connectivity index (χ4n) is 2.59. The molecule has 0 aliphatic rings. The Morgan fingerprint density at radius 1 is 1.04 bits per heavy atom. The first-order valence-corrected chi connectivity index (χ1v) is 8.19. The molecule has 2 aromatic heterocycles. The van der Waals surface area contributed by atoms with Gasteiger partial charge in [-0.2, -0.15) is 4.39 Å². The molecule has 5 nitrogen and oxygen atoms in total. The summed E-state index contributed by atoms with van der Waals surface area (Å²) in [4.78, 5) is 7.55. The largest absolute Gasteiger partial charge is 0.710 e. The topological polar surface area (TPSA) is 64.8 Å². The molecule has 0 aliphatic carbocycles. The number of benzene rings is 1. The van der Waals surface area contributed by atoms with Gasteiger partial charge in [0.2, 0.25) is 0 Å². The molecule has 0 fully saturated rings. The van der Waals surface area contributed by atoms with Crippen LogP contribution in [0.4, 0.5) is 23.2 Å². The first-order chi connectivity index (χ1) is 12.7. The third-order valence-electron chi connectivity index (χ3n) is 4.35. The third-order valence-corrected chi connectivity index (χ3v) is 4.35. The standard InChI is InChI=1S/C18H16F4N4O/c1-8(2)9(3)24-15-14(13-11(20)6-10(19)7-12(13)21)17(22)25-18-16(15)23-4-5-26(18)27/h4-9H,1-3H3,(H,24,25). The molecule has 1 unspecified atom stereocenters. The number of halogens is 4. The number of hydrogen-bond donors (Lipinski definition) is 1. The number of nitrogens with zero attached hydrogens (tertiary/aromatic N) is 3. The van der Waals surface area contributed by atoms with Crippen LogP contribution in [0, 0.1) is 34.5 Å². The molecule has 3 rings (SSSR count). The van der Waals surface area contributed by atoms with Gasteiger partial charge in [0.15, 0.2) is 5.52 Å². The van der Waals surface area contributed by atoms with Gasteiger partial charge in [-0.1, -0.05) is 13.8 Å². The van der Waals surface area contributed by atoms with Gasteiger partial charge in [0.1, 0.15) is 23.6 Å². The van der Waals surface area contributed by atoms with E-state index in [-0.39, 0.29) is 28.8 Å². The van der Waals surface area contributed by atoms with Crippen LogP contribution in [0.15, 0.2) is 24.5 Å². The molecule has 27 heavy (non-hydrogen) atoms. The minimum Gasteiger partial charge on any atom is -0.710 e. The molecular formula is C18H16F4N4O. The lowest BCUT2D eigenvalue weighted by Gasteiger charge is -2.21. The van der Waals surface area contributed by atoms with Crippen molar-refractivity contribution in [3.63, 3.8) is 0 Å². The van der Waals surface area contributed by atoms with Crippen LogP contribution in [0.5, 0.6) is 0 Å². The Morgan fingerprint density at radius 3 is 2.26 bits per heavy atom. The molecule has 2 heterocycles. The quantitative estimate of drug-likeness (QED) is 0.322. The number of aromatic nitrogens is 3. The zero-order valence-electron chi connectivity index (χ0n) is 14.7. The van der Waals surface area contributed by atoms with Gasteiger partial charge in [-0.05, 0) is 17.8 Å². The maximum absolute atomic E-state index is 14.8. The number of rotatable bonds is 4. The van der Waals surface area contributed by atoms with Crippen molar-refractivity contribution < 1.29 is 22.3 Å². The molecule has 0 aliphatic heterocycles. The Balaban J connectivity index is 2.40. The lowest BCUT2D eigenvalue weighted by atomic mass is 10.0. The van der Waals surface area contributed by atoms with Crippen molar-refractivity contribution in [1.29, 1.82) is 0 Å². The van der Waals surface area contributed by atoms with Crippen molar-refractivity contribution in [2.24, 2.45) is 5.92 Å². The first kappa shape index (κ1) is 18.8. The van der Waals surface area contributed by atoms with Crippen LogP contribution >= 0.6 is 0 Å². The average Bonchev–Trinajstić information content (AvgIpc) is 2.57. The predicted octanol–water partition coefficient (Wildman–Crippen LogP) is 3.94. The van der Waals surface area contributed by atoms with Crippen LogP contribution in [0.25, 0.3) is 22.3 Å². The third kappa shape index (κ3) is 3.36. The summed E-state index contributed by atoms with van der Waals surface area (Å²) < 4.78 is 57.1. The highest BCUT2D eigenvalue weighted by Gasteiger charge is 2.30. The number of hydrogen-bond acceptors (Lipinski definition) is 4. The van der Waals surface area contributed by atoms with Crippen molar-refractivity contribution in [1.82, 2.24) is 9.97 Å². The molecule has 9 heteroatoms. The maximum atomic E-state index is 14.8. The Labute approximate surface area is 152 Å². The molecule has 0 amide bonds. The number of fused-ring (bicyclic) bond motifs is 1. The van der Waals surface area contributed by atoms with Gasteiger partial charge in [-0.15, -0.1) is 0 Å². The Morgan fingerprint density at radius 2 is 1.67 bits per heavy atom. The lowest BCUT2D eigenvalue weighted by Crippen LogP contribution is -2.29. The summed E-state index contributed by atoms with van der Waals surface area (Å²) in [7, 11) is 0. The van der Waals surface area contributed by atoms with E-state index in [9.17, 15) is 22.8 Å². The van der Waals surface area contributed by atoms with Crippen LogP contribution in [0.2, 0.25) is 0 Å². The van der Waals surface area contributed by atoms with Crippen molar-refractivity contribution >= 4 is 16.9 Å². The second-order valence-corrected chi connectivity index (χ2v) is 6.50. The van der Waals surface area contributed by atoms with Gasteiger partial charge in [-0.3, -0.25) is 0 Å². The van der Waals surface area contributed by atoms with Gasteiger partial charge in [0.25, 0.3) is 0 Å². The highest BCUT2D eigenvalue weighted by Crippen LogP contribution is 2.38. The average molecular weight is 380 g/mol. The fraction of sp³-hybridized carbons (Fsp3) is 0.278. The Bertz CT molecular complexity index is 1000. The SMILES string of the molecule is CC(C)C(C)Nc1c(-c2c(F)cc(F)cc2F)c(F)nc2c1ncc[n+]2[O-]. The summed E-state index contributed by atoms with van der Waals surface area (Å²) in [5.74, 6) is -4.93. The zero-order chi connectivity index (χ0) is 19.9. The molecule has 1 atom stereocenters. The van der Waals surface area contributed by atoms with E-state index in [2.05, 4.69) is 15.3 Å². The van der Waals surface area contributed by atoms with E-state index in [4.69, 9.17) is 0 Å². The summed E-state index contributed by atoms with van der Waals surface area (Å²) in [5, 5.41) is 14.9. The molecule has 1 N–H and O–H groups in total. The van der Waals surface area contributed by atoms with Gasteiger partial charge in [-0.25, -0.2) is 22.9 Å². The van der Waals surface area contributed by atoms with Gasteiger partial charge >= 0.3 is 11.6 Å². The van der Waals surface area contributed by atoms with Crippen LogP contribution in [0.3, 0.4) is 0 Å². The normalized spacial score (nSPS) is 12.6. The Hall–Kier alpha value is -2.97. The number of anilines is 1. The minimum absolute atomic E-state index is 0.0560. The highest BCUT2D eigenvalue weighted by atomic mass is 19.1. The van der Waals surface area contributed by atoms with Gasteiger partial charge < -0.3 is 10.5 Å². The summed E-state index contributed by atoms with van der Waals surface area (Å²) in [6.07, 6.45) is 2.20. The molecule has 142 valence electrons. The molecule has 0 spiro atoms. The van der Waals surface area contributed by atoms with Crippen LogP contribution in [-0.4, -0.2) is 16.0 Å².